The zero-order valence-electron chi connectivity index (χ0n) is 11.5. The Hall–Kier alpha value is -2.43. The Morgan fingerprint density at radius 3 is 2.45 bits per heavy atom. The molecule has 0 saturated heterocycles. The first kappa shape index (κ1) is 14.0. The Morgan fingerprint density at radius 2 is 1.90 bits per heavy atom. The summed E-state index contributed by atoms with van der Waals surface area (Å²) in [5.41, 5.74) is 4.25. The van der Waals surface area contributed by atoms with Gasteiger partial charge in [-0.05, 0) is 44.5 Å². The topological polar surface area (TPSA) is 54.6 Å². The molecule has 0 spiro atoms. The van der Waals surface area contributed by atoms with Crippen molar-refractivity contribution in [3.05, 3.63) is 58.8 Å². The lowest BCUT2D eigenvalue weighted by atomic mass is 10.1. The van der Waals surface area contributed by atoms with Crippen LogP contribution in [0.15, 0.2) is 39.9 Å². The van der Waals surface area contributed by atoms with E-state index in [4.69, 9.17) is 4.42 Å². The van der Waals surface area contributed by atoms with Crippen molar-refractivity contribution in [2.24, 2.45) is 5.10 Å². The van der Waals surface area contributed by atoms with Crippen molar-refractivity contribution in [1.29, 1.82) is 0 Å². The van der Waals surface area contributed by atoms with Gasteiger partial charge in [0.25, 0.3) is 5.91 Å². The molecule has 104 valence electrons. The fourth-order valence-corrected chi connectivity index (χ4v) is 1.81. The zero-order valence-corrected chi connectivity index (χ0v) is 11.5. The number of furan rings is 1. The molecule has 0 saturated carbocycles. The molecule has 2 rings (SSSR count). The molecule has 0 unspecified atom stereocenters. The molecule has 0 aliphatic carbocycles. The van der Waals surface area contributed by atoms with Gasteiger partial charge in [0.15, 0.2) is 0 Å². The van der Waals surface area contributed by atoms with Crippen molar-refractivity contribution in [1.82, 2.24) is 5.43 Å². The Balaban J connectivity index is 2.10. The van der Waals surface area contributed by atoms with Crippen LogP contribution in [0.25, 0.3) is 0 Å². The van der Waals surface area contributed by atoms with Crippen LogP contribution in [0.3, 0.4) is 0 Å². The molecule has 1 aromatic carbocycles. The number of hydrazone groups is 1. The second-order valence-electron chi connectivity index (χ2n) is 4.47. The molecular weight excluding hydrogens is 259 g/mol. The van der Waals surface area contributed by atoms with Gasteiger partial charge in [0.05, 0.1) is 11.3 Å². The molecule has 2 aromatic rings. The van der Waals surface area contributed by atoms with Gasteiger partial charge in [0.2, 0.25) is 0 Å². The summed E-state index contributed by atoms with van der Waals surface area (Å²) in [6.07, 6.45) is 0. The van der Waals surface area contributed by atoms with Crippen LogP contribution in [0.5, 0.6) is 0 Å². The third kappa shape index (κ3) is 3.12. The maximum atomic E-state index is 12.8. The van der Waals surface area contributed by atoms with Gasteiger partial charge in [0, 0.05) is 0 Å². The molecule has 0 atom stereocenters. The molecule has 20 heavy (non-hydrogen) atoms. The average Bonchev–Trinajstić information content (AvgIpc) is 2.75. The number of nitrogens with one attached hydrogen (secondary N) is 1. The van der Waals surface area contributed by atoms with E-state index in [0.29, 0.717) is 22.8 Å². The highest BCUT2D eigenvalue weighted by Gasteiger charge is 2.12. The van der Waals surface area contributed by atoms with Gasteiger partial charge >= 0.3 is 0 Å². The number of rotatable bonds is 3. The molecule has 1 aromatic heterocycles. The second-order valence-corrected chi connectivity index (χ2v) is 4.47. The first-order valence-corrected chi connectivity index (χ1v) is 6.15. The second kappa shape index (κ2) is 5.69. The van der Waals surface area contributed by atoms with Gasteiger partial charge in [-0.25, -0.2) is 9.82 Å². The number of benzene rings is 1. The third-order valence-electron chi connectivity index (χ3n) is 2.87. The Bertz CT molecular complexity index is 657. The van der Waals surface area contributed by atoms with E-state index >= 15 is 0 Å². The van der Waals surface area contributed by atoms with Gasteiger partial charge in [-0.1, -0.05) is 12.1 Å². The molecule has 5 heteroatoms. The van der Waals surface area contributed by atoms with Crippen LogP contribution in [0.1, 0.15) is 34.4 Å². The number of hydrogen-bond donors (Lipinski definition) is 1. The van der Waals surface area contributed by atoms with E-state index in [0.717, 1.165) is 5.56 Å². The average molecular weight is 274 g/mol. The zero-order chi connectivity index (χ0) is 14.7. The summed E-state index contributed by atoms with van der Waals surface area (Å²) >= 11 is 0. The molecule has 0 fully saturated rings. The normalized spacial score (nSPS) is 11.5. The minimum atomic E-state index is -0.333. The van der Waals surface area contributed by atoms with Crippen LogP contribution >= 0.6 is 0 Å². The lowest BCUT2D eigenvalue weighted by Gasteiger charge is -2.02. The maximum absolute atomic E-state index is 12.8. The van der Waals surface area contributed by atoms with Crippen molar-refractivity contribution in [3.8, 4) is 0 Å². The predicted octanol–water partition coefficient (Wildman–Crippen LogP) is 3.19. The van der Waals surface area contributed by atoms with Gasteiger partial charge in [-0.3, -0.25) is 4.79 Å². The molecule has 0 aliphatic rings. The summed E-state index contributed by atoms with van der Waals surface area (Å²) in [4.78, 5) is 11.9. The lowest BCUT2D eigenvalue weighted by molar-refractivity contribution is 0.0953. The SMILES string of the molecule is CC(=NNC(=O)c1cc(C)oc1C)c1ccc(F)cc1. The fraction of sp³-hybridized carbons (Fsp3) is 0.200. The minimum absolute atomic E-state index is 0.310. The van der Waals surface area contributed by atoms with Gasteiger partial charge in [-0.15, -0.1) is 0 Å². The predicted molar refractivity (Wildman–Crippen MR) is 74.3 cm³/mol. The van der Waals surface area contributed by atoms with Gasteiger partial charge in [-0.2, -0.15) is 5.10 Å². The molecule has 0 bridgehead atoms. The van der Waals surface area contributed by atoms with Crippen molar-refractivity contribution in [3.63, 3.8) is 0 Å². The maximum Gasteiger partial charge on any atom is 0.274 e. The Kier molecular flexibility index (Phi) is 3.98. The molecule has 1 N–H and O–H groups in total. The van der Waals surface area contributed by atoms with Crippen LogP contribution in [0.4, 0.5) is 4.39 Å². The number of carbonyl (C=O) groups excluding carboxylic acids is 1. The molecule has 4 nitrogen and oxygen atoms in total. The molecule has 1 heterocycles. The summed E-state index contributed by atoms with van der Waals surface area (Å²) in [6, 6.07) is 7.56. The van der Waals surface area contributed by atoms with Crippen LogP contribution in [-0.2, 0) is 0 Å². The van der Waals surface area contributed by atoms with E-state index in [1.807, 2.05) is 0 Å². The van der Waals surface area contributed by atoms with E-state index in [9.17, 15) is 9.18 Å². The summed E-state index contributed by atoms with van der Waals surface area (Å²) < 4.78 is 18.1. The molecule has 1 amide bonds. The number of amides is 1. The number of hydrogen-bond acceptors (Lipinski definition) is 3. The van der Waals surface area contributed by atoms with Gasteiger partial charge < -0.3 is 4.42 Å². The van der Waals surface area contributed by atoms with E-state index in [1.54, 1.807) is 39.0 Å². The van der Waals surface area contributed by atoms with E-state index < -0.39 is 0 Å². The number of carbonyl (C=O) groups is 1. The Morgan fingerprint density at radius 1 is 1.25 bits per heavy atom. The van der Waals surface area contributed by atoms with Crippen molar-refractivity contribution in [2.45, 2.75) is 20.8 Å². The highest BCUT2D eigenvalue weighted by Crippen LogP contribution is 2.13. The largest absolute Gasteiger partial charge is 0.466 e. The standard InChI is InChI=1S/C15H15FN2O2/c1-9-8-14(11(3)20-9)15(19)18-17-10(2)12-4-6-13(16)7-5-12/h4-8H,1-3H3,(H,18,19). The monoisotopic (exact) mass is 274 g/mol. The summed E-state index contributed by atoms with van der Waals surface area (Å²) in [6.45, 7) is 5.23. The van der Waals surface area contributed by atoms with Crippen LogP contribution in [-0.4, -0.2) is 11.6 Å². The quantitative estimate of drug-likeness (QED) is 0.690. The summed E-state index contributed by atoms with van der Waals surface area (Å²) in [5, 5.41) is 4.00. The highest BCUT2D eigenvalue weighted by molar-refractivity contribution is 6.01. The van der Waals surface area contributed by atoms with Crippen molar-refractivity contribution in [2.75, 3.05) is 0 Å². The van der Waals surface area contributed by atoms with Gasteiger partial charge in [0.1, 0.15) is 17.3 Å². The van der Waals surface area contributed by atoms with Crippen LogP contribution < -0.4 is 5.43 Å². The van der Waals surface area contributed by atoms with E-state index in [2.05, 4.69) is 10.5 Å². The van der Waals surface area contributed by atoms with Crippen molar-refractivity contribution < 1.29 is 13.6 Å². The van der Waals surface area contributed by atoms with Crippen molar-refractivity contribution >= 4 is 11.6 Å². The number of aryl methyl sites for hydroxylation is 2. The van der Waals surface area contributed by atoms with Crippen LogP contribution in [0.2, 0.25) is 0 Å². The molecule has 0 aliphatic heterocycles. The summed E-state index contributed by atoms with van der Waals surface area (Å²) in [5.74, 6) is 0.581. The smallest absolute Gasteiger partial charge is 0.274 e. The van der Waals surface area contributed by atoms with Crippen LogP contribution in [0, 0.1) is 19.7 Å². The Labute approximate surface area is 116 Å². The highest BCUT2D eigenvalue weighted by atomic mass is 19.1. The first-order chi connectivity index (χ1) is 9.47. The third-order valence-corrected chi connectivity index (χ3v) is 2.87. The molecule has 0 radical (unpaired) electrons. The number of nitrogens with zero attached hydrogens (tertiary/aromatic N) is 1. The van der Waals surface area contributed by atoms with E-state index in [1.165, 1.54) is 12.1 Å². The lowest BCUT2D eigenvalue weighted by Crippen LogP contribution is -2.19. The fourth-order valence-electron chi connectivity index (χ4n) is 1.81. The number of halogens is 1. The minimum Gasteiger partial charge on any atom is -0.466 e. The van der Waals surface area contributed by atoms with E-state index in [-0.39, 0.29) is 11.7 Å². The molecular formula is C15H15FN2O2. The first-order valence-electron chi connectivity index (χ1n) is 6.15. The summed E-state index contributed by atoms with van der Waals surface area (Å²) in [7, 11) is 0.